The lowest BCUT2D eigenvalue weighted by Crippen LogP contribution is -2.21. The first kappa shape index (κ1) is 10.7. The molecule has 0 aromatic carbocycles. The Kier molecular flexibility index (Phi) is 3.80. The van der Waals surface area contributed by atoms with Gasteiger partial charge in [-0.15, -0.1) is 0 Å². The van der Waals surface area contributed by atoms with Gasteiger partial charge in [0.25, 0.3) is 0 Å². The van der Waals surface area contributed by atoms with Gasteiger partial charge in [0.05, 0.1) is 5.69 Å². The third-order valence-electron chi connectivity index (χ3n) is 2.69. The number of hydrogen-bond donors (Lipinski definition) is 2. The molecule has 2 heterocycles. The first-order valence-electron chi connectivity index (χ1n) is 5.44. The topological polar surface area (TPSA) is 37.0 Å². The summed E-state index contributed by atoms with van der Waals surface area (Å²) in [4.78, 5) is 4.06. The summed E-state index contributed by atoms with van der Waals surface area (Å²) in [5.41, 5.74) is 0.950. The molecular formula is C11H16ClN3. The maximum absolute atomic E-state index is 6.00. The van der Waals surface area contributed by atoms with Crippen molar-refractivity contribution in [2.75, 3.05) is 18.4 Å². The summed E-state index contributed by atoms with van der Waals surface area (Å²) in [6.45, 7) is 2.20. The van der Waals surface area contributed by atoms with Crippen LogP contribution in [0.4, 0.5) is 5.69 Å². The summed E-state index contributed by atoms with van der Waals surface area (Å²) in [5, 5.41) is 7.41. The highest BCUT2D eigenvalue weighted by molar-refractivity contribution is 6.31. The molecule has 0 spiro atoms. The van der Waals surface area contributed by atoms with E-state index >= 15 is 0 Å². The molecule has 15 heavy (non-hydrogen) atoms. The molecule has 82 valence electrons. The zero-order valence-corrected chi connectivity index (χ0v) is 9.43. The molecule has 1 unspecified atom stereocenters. The van der Waals surface area contributed by atoms with E-state index < -0.39 is 0 Å². The number of nitrogens with zero attached hydrogens (tertiary/aromatic N) is 1. The zero-order chi connectivity index (χ0) is 10.5. The molecule has 0 bridgehead atoms. The van der Waals surface area contributed by atoms with Crippen molar-refractivity contribution in [1.82, 2.24) is 10.3 Å². The van der Waals surface area contributed by atoms with Crippen LogP contribution in [-0.2, 0) is 0 Å². The summed E-state index contributed by atoms with van der Waals surface area (Å²) in [6.07, 6.45) is 5.27. The molecule has 1 aliphatic heterocycles. The van der Waals surface area contributed by atoms with E-state index in [1.807, 2.05) is 12.1 Å². The van der Waals surface area contributed by atoms with Crippen molar-refractivity contribution in [2.45, 2.75) is 25.3 Å². The van der Waals surface area contributed by atoms with E-state index in [0.717, 1.165) is 25.2 Å². The SMILES string of the molecule is Clc1ncccc1NC1CCCNCC1. The van der Waals surface area contributed by atoms with Gasteiger partial charge in [-0.25, -0.2) is 4.98 Å². The van der Waals surface area contributed by atoms with Crippen LogP contribution in [0.1, 0.15) is 19.3 Å². The number of nitrogens with one attached hydrogen (secondary N) is 2. The highest BCUT2D eigenvalue weighted by atomic mass is 35.5. The van der Waals surface area contributed by atoms with E-state index in [9.17, 15) is 0 Å². The third-order valence-corrected chi connectivity index (χ3v) is 3.00. The summed E-state index contributed by atoms with van der Waals surface area (Å²) in [7, 11) is 0. The Morgan fingerprint density at radius 1 is 1.40 bits per heavy atom. The van der Waals surface area contributed by atoms with Crippen LogP contribution in [0.15, 0.2) is 18.3 Å². The fourth-order valence-electron chi connectivity index (χ4n) is 1.88. The molecule has 1 atom stereocenters. The summed E-state index contributed by atoms with van der Waals surface area (Å²) >= 11 is 6.00. The second kappa shape index (κ2) is 5.33. The standard InChI is InChI=1S/C11H16ClN3/c12-11-10(4-2-7-14-11)15-9-3-1-6-13-8-5-9/h2,4,7,9,13,15H,1,3,5-6,8H2. The van der Waals surface area contributed by atoms with Crippen LogP contribution in [0.5, 0.6) is 0 Å². The molecule has 0 amide bonds. The second-order valence-electron chi connectivity index (χ2n) is 3.86. The number of rotatable bonds is 2. The van der Waals surface area contributed by atoms with Gasteiger partial charge in [0, 0.05) is 12.2 Å². The van der Waals surface area contributed by atoms with Crippen LogP contribution >= 0.6 is 11.6 Å². The fourth-order valence-corrected chi connectivity index (χ4v) is 2.05. The molecule has 0 saturated carbocycles. The summed E-state index contributed by atoms with van der Waals surface area (Å²) < 4.78 is 0. The lowest BCUT2D eigenvalue weighted by atomic mass is 10.1. The molecule has 1 aromatic rings. The first-order valence-corrected chi connectivity index (χ1v) is 5.82. The normalized spacial score (nSPS) is 22.1. The number of aromatic nitrogens is 1. The second-order valence-corrected chi connectivity index (χ2v) is 4.22. The van der Waals surface area contributed by atoms with Crippen LogP contribution < -0.4 is 10.6 Å². The van der Waals surface area contributed by atoms with Crippen LogP contribution in [0.25, 0.3) is 0 Å². The van der Waals surface area contributed by atoms with Gasteiger partial charge in [0.1, 0.15) is 0 Å². The summed E-state index contributed by atoms with van der Waals surface area (Å²) in [5.74, 6) is 0. The van der Waals surface area contributed by atoms with Crippen molar-refractivity contribution in [2.24, 2.45) is 0 Å². The minimum Gasteiger partial charge on any atom is -0.380 e. The van der Waals surface area contributed by atoms with Crippen molar-refractivity contribution < 1.29 is 0 Å². The highest BCUT2D eigenvalue weighted by Crippen LogP contribution is 2.20. The van der Waals surface area contributed by atoms with Gasteiger partial charge in [-0.05, 0) is 44.5 Å². The molecule has 3 nitrogen and oxygen atoms in total. The van der Waals surface area contributed by atoms with Gasteiger partial charge in [-0.1, -0.05) is 11.6 Å². The lowest BCUT2D eigenvalue weighted by molar-refractivity contribution is 0.637. The van der Waals surface area contributed by atoms with E-state index in [1.165, 1.54) is 12.8 Å². The van der Waals surface area contributed by atoms with Gasteiger partial charge in [0.15, 0.2) is 5.15 Å². The largest absolute Gasteiger partial charge is 0.380 e. The van der Waals surface area contributed by atoms with Crippen molar-refractivity contribution in [3.05, 3.63) is 23.5 Å². The Labute approximate surface area is 95.2 Å². The molecule has 0 aliphatic carbocycles. The van der Waals surface area contributed by atoms with Gasteiger partial charge < -0.3 is 10.6 Å². The Hall–Kier alpha value is -0.800. The molecule has 2 N–H and O–H groups in total. The Balaban J connectivity index is 1.98. The fraction of sp³-hybridized carbons (Fsp3) is 0.545. The van der Waals surface area contributed by atoms with Crippen molar-refractivity contribution in [3.63, 3.8) is 0 Å². The molecule has 1 aliphatic rings. The van der Waals surface area contributed by atoms with Crippen molar-refractivity contribution >= 4 is 17.3 Å². The molecule has 1 saturated heterocycles. The quantitative estimate of drug-likeness (QED) is 0.759. The maximum Gasteiger partial charge on any atom is 0.152 e. The molecule has 1 aromatic heterocycles. The third kappa shape index (κ3) is 3.08. The van der Waals surface area contributed by atoms with E-state index in [2.05, 4.69) is 15.6 Å². The van der Waals surface area contributed by atoms with E-state index in [1.54, 1.807) is 6.20 Å². The van der Waals surface area contributed by atoms with Crippen LogP contribution in [0.3, 0.4) is 0 Å². The first-order chi connectivity index (χ1) is 7.36. The van der Waals surface area contributed by atoms with E-state index in [4.69, 9.17) is 11.6 Å². The van der Waals surface area contributed by atoms with Crippen LogP contribution in [-0.4, -0.2) is 24.1 Å². The molecule has 1 fully saturated rings. The van der Waals surface area contributed by atoms with E-state index in [-0.39, 0.29) is 0 Å². The lowest BCUT2D eigenvalue weighted by Gasteiger charge is -2.17. The predicted octanol–water partition coefficient (Wildman–Crippen LogP) is 2.29. The monoisotopic (exact) mass is 225 g/mol. The summed E-state index contributed by atoms with van der Waals surface area (Å²) in [6, 6.07) is 4.40. The minimum absolute atomic E-state index is 0.515. The van der Waals surface area contributed by atoms with Crippen LogP contribution in [0.2, 0.25) is 5.15 Å². The zero-order valence-electron chi connectivity index (χ0n) is 8.67. The van der Waals surface area contributed by atoms with Gasteiger partial charge in [-0.3, -0.25) is 0 Å². The molecular weight excluding hydrogens is 210 g/mol. The average Bonchev–Trinajstić information content (AvgIpc) is 2.50. The Morgan fingerprint density at radius 3 is 3.20 bits per heavy atom. The molecule has 0 radical (unpaired) electrons. The van der Waals surface area contributed by atoms with Gasteiger partial charge in [-0.2, -0.15) is 0 Å². The maximum atomic E-state index is 6.00. The van der Waals surface area contributed by atoms with Crippen molar-refractivity contribution in [1.29, 1.82) is 0 Å². The Morgan fingerprint density at radius 2 is 2.33 bits per heavy atom. The molecule has 2 rings (SSSR count). The average molecular weight is 226 g/mol. The smallest absolute Gasteiger partial charge is 0.152 e. The predicted molar refractivity (Wildman–Crippen MR) is 63.4 cm³/mol. The van der Waals surface area contributed by atoms with Crippen LogP contribution in [0, 0.1) is 0 Å². The number of hydrogen-bond acceptors (Lipinski definition) is 3. The number of pyridine rings is 1. The number of halogens is 1. The highest BCUT2D eigenvalue weighted by Gasteiger charge is 2.12. The number of anilines is 1. The van der Waals surface area contributed by atoms with Crippen molar-refractivity contribution in [3.8, 4) is 0 Å². The molecule has 4 heteroatoms. The van der Waals surface area contributed by atoms with Gasteiger partial charge in [0.2, 0.25) is 0 Å². The Bertz CT molecular complexity index is 308. The van der Waals surface area contributed by atoms with Gasteiger partial charge >= 0.3 is 0 Å². The minimum atomic E-state index is 0.515. The van der Waals surface area contributed by atoms with E-state index in [0.29, 0.717) is 11.2 Å².